The molecule has 0 aromatic carbocycles. The van der Waals surface area contributed by atoms with Crippen molar-refractivity contribution in [2.45, 2.75) is 116 Å². The van der Waals surface area contributed by atoms with Crippen LogP contribution in [0.5, 0.6) is 0 Å². The van der Waals surface area contributed by atoms with Gasteiger partial charge in [0.1, 0.15) is 12.1 Å². The zero-order chi connectivity index (χ0) is 35.0. The first-order valence-corrected chi connectivity index (χ1v) is 18.7. The number of hydrogen-bond donors (Lipinski definition) is 4. The molecule has 13 heteroatoms. The van der Waals surface area contributed by atoms with Crippen LogP contribution in [0.3, 0.4) is 0 Å². The number of Topliss-reactive ketones (excluding diaryl/α,β-unsaturated/α-hetero) is 1. The number of amides is 5. The SMILES string of the molecule is C#CCCC(NC(=O)[C@@H]1[C@H]2CCC[C@H]2CN1C(=O)[C@@H](NC(=O)NC1(CS(=O)(=O)CC)CCCCC1)C(C)(C)C)C(=O)C(=O)NCC=C. The molecule has 0 spiro atoms. The minimum atomic E-state index is -3.39. The molecule has 47 heavy (non-hydrogen) atoms. The molecule has 0 aromatic heterocycles. The Bertz CT molecular complexity index is 1340. The van der Waals surface area contributed by atoms with E-state index in [9.17, 15) is 32.4 Å². The summed E-state index contributed by atoms with van der Waals surface area (Å²) in [5.41, 5.74) is -1.69. The van der Waals surface area contributed by atoms with Gasteiger partial charge in [0.25, 0.3) is 5.91 Å². The number of fused-ring (bicyclic) bond motifs is 1. The van der Waals surface area contributed by atoms with Gasteiger partial charge in [0.2, 0.25) is 17.6 Å². The molecule has 5 amide bonds. The standard InChI is InChI=1S/C34H53N5O7S/c1-7-10-17-25(27(40)30(42)35-20-8-2)36-29(41)26-24-16-14-15-23(24)21-39(26)31(43)28(33(4,5)6)37-32(44)38-34(18-12-11-13-19-34)22-47(45,46)9-3/h1,8,23-26,28H,2,9-22H2,3-6H3,(H,35,42)(H,36,41)(H2,37,38,44)/t23-,24-,25?,26-,28+/m0/s1. The number of rotatable bonds is 14. The van der Waals surface area contributed by atoms with Crippen LogP contribution in [0.25, 0.3) is 0 Å². The number of terminal acetylenes is 1. The van der Waals surface area contributed by atoms with Gasteiger partial charge in [-0.15, -0.1) is 18.9 Å². The fraction of sp³-hybridized carbons (Fsp3) is 0.735. The van der Waals surface area contributed by atoms with Crippen molar-refractivity contribution in [3.63, 3.8) is 0 Å². The summed E-state index contributed by atoms with van der Waals surface area (Å²) < 4.78 is 25.3. The Kier molecular flexibility index (Phi) is 13.1. The highest BCUT2D eigenvalue weighted by molar-refractivity contribution is 7.91. The lowest BCUT2D eigenvalue weighted by atomic mass is 9.83. The second-order valence-electron chi connectivity index (χ2n) is 14.4. The maximum Gasteiger partial charge on any atom is 0.315 e. The van der Waals surface area contributed by atoms with Crippen LogP contribution in [-0.2, 0) is 29.0 Å². The van der Waals surface area contributed by atoms with Crippen molar-refractivity contribution >= 4 is 39.4 Å². The summed E-state index contributed by atoms with van der Waals surface area (Å²) in [5.74, 6) is -0.492. The monoisotopic (exact) mass is 675 g/mol. The summed E-state index contributed by atoms with van der Waals surface area (Å²) in [4.78, 5) is 68.9. The molecule has 12 nitrogen and oxygen atoms in total. The van der Waals surface area contributed by atoms with Crippen LogP contribution < -0.4 is 21.3 Å². The van der Waals surface area contributed by atoms with Gasteiger partial charge < -0.3 is 26.2 Å². The van der Waals surface area contributed by atoms with Crippen molar-refractivity contribution < 1.29 is 32.4 Å². The van der Waals surface area contributed by atoms with Gasteiger partial charge in [0, 0.05) is 25.3 Å². The normalized spacial score (nSPS) is 23.4. The lowest BCUT2D eigenvalue weighted by Crippen LogP contribution is -2.63. The molecule has 1 unspecified atom stereocenters. The molecule has 3 rings (SSSR count). The van der Waals surface area contributed by atoms with Crippen LogP contribution in [0.2, 0.25) is 0 Å². The minimum absolute atomic E-state index is 0.0312. The van der Waals surface area contributed by atoms with Crippen LogP contribution >= 0.6 is 0 Å². The maximum atomic E-state index is 14.4. The lowest BCUT2D eigenvalue weighted by molar-refractivity contribution is -0.144. The Labute approximate surface area is 279 Å². The maximum absolute atomic E-state index is 14.4. The van der Waals surface area contributed by atoms with Gasteiger partial charge in [-0.1, -0.05) is 59.5 Å². The first-order valence-electron chi connectivity index (χ1n) is 16.8. The Hall–Kier alpha value is -3.40. The molecule has 4 N–H and O–H groups in total. The van der Waals surface area contributed by atoms with Gasteiger partial charge in [-0.2, -0.15) is 0 Å². The summed E-state index contributed by atoms with van der Waals surface area (Å²) >= 11 is 0. The van der Waals surface area contributed by atoms with E-state index in [0.29, 0.717) is 19.4 Å². The van der Waals surface area contributed by atoms with Crippen molar-refractivity contribution in [3.05, 3.63) is 12.7 Å². The van der Waals surface area contributed by atoms with Crippen molar-refractivity contribution in [3.8, 4) is 12.3 Å². The molecule has 0 bridgehead atoms. The van der Waals surface area contributed by atoms with Crippen molar-refractivity contribution in [2.24, 2.45) is 17.3 Å². The first kappa shape index (κ1) is 38.1. The molecular formula is C34H53N5O7S. The Balaban J connectivity index is 1.85. The second kappa shape index (κ2) is 16.1. The molecule has 3 fully saturated rings. The number of sulfone groups is 1. The van der Waals surface area contributed by atoms with E-state index >= 15 is 0 Å². The zero-order valence-electron chi connectivity index (χ0n) is 28.4. The number of likely N-dealkylation sites (tertiary alicyclic amines) is 1. The third-order valence-electron chi connectivity index (χ3n) is 9.80. The average Bonchev–Trinajstić information content (AvgIpc) is 3.61. The average molecular weight is 676 g/mol. The smallest absolute Gasteiger partial charge is 0.315 e. The number of urea groups is 1. The summed E-state index contributed by atoms with van der Waals surface area (Å²) in [7, 11) is -3.39. The molecule has 0 radical (unpaired) electrons. The highest BCUT2D eigenvalue weighted by Gasteiger charge is 2.52. The second-order valence-corrected chi connectivity index (χ2v) is 16.7. The van der Waals surface area contributed by atoms with Gasteiger partial charge >= 0.3 is 6.03 Å². The third kappa shape index (κ3) is 9.81. The molecule has 2 saturated carbocycles. The van der Waals surface area contributed by atoms with E-state index in [0.717, 1.165) is 38.5 Å². The number of hydrogen-bond acceptors (Lipinski definition) is 7. The molecular weight excluding hydrogens is 622 g/mol. The van der Waals surface area contributed by atoms with Gasteiger partial charge in [-0.3, -0.25) is 19.2 Å². The summed E-state index contributed by atoms with van der Waals surface area (Å²) in [6.07, 6.45) is 13.1. The summed E-state index contributed by atoms with van der Waals surface area (Å²) in [5, 5.41) is 11.0. The molecule has 2 aliphatic carbocycles. The highest BCUT2D eigenvalue weighted by Crippen LogP contribution is 2.43. The molecule has 5 atom stereocenters. The topological polar surface area (TPSA) is 171 Å². The van der Waals surface area contributed by atoms with Crippen LogP contribution in [0.1, 0.15) is 91.9 Å². The number of nitrogens with zero attached hydrogens (tertiary/aromatic N) is 1. The summed E-state index contributed by atoms with van der Waals surface area (Å²) in [6, 6.07) is -3.74. The van der Waals surface area contributed by atoms with Crippen LogP contribution in [0, 0.1) is 29.6 Å². The van der Waals surface area contributed by atoms with Gasteiger partial charge in [0.05, 0.1) is 17.3 Å². The van der Waals surface area contributed by atoms with Gasteiger partial charge in [-0.25, -0.2) is 13.2 Å². The van der Waals surface area contributed by atoms with E-state index in [4.69, 9.17) is 6.42 Å². The summed E-state index contributed by atoms with van der Waals surface area (Å²) in [6.45, 7) is 11.0. The van der Waals surface area contributed by atoms with E-state index in [2.05, 4.69) is 33.8 Å². The Morgan fingerprint density at radius 1 is 1.06 bits per heavy atom. The van der Waals surface area contributed by atoms with E-state index < -0.39 is 68.5 Å². The number of ketones is 1. The molecule has 262 valence electrons. The molecule has 1 saturated heterocycles. The van der Waals surface area contributed by atoms with Crippen LogP contribution in [-0.4, -0.2) is 91.1 Å². The molecule has 1 heterocycles. The van der Waals surface area contributed by atoms with E-state index in [1.807, 2.05) is 20.8 Å². The van der Waals surface area contributed by atoms with Crippen LogP contribution in [0.4, 0.5) is 4.79 Å². The predicted octanol–water partition coefficient (Wildman–Crippen LogP) is 2.23. The number of carbonyl (C=O) groups is 5. The van der Waals surface area contributed by atoms with Crippen LogP contribution in [0.15, 0.2) is 12.7 Å². The third-order valence-corrected chi connectivity index (χ3v) is 11.7. The van der Waals surface area contributed by atoms with E-state index in [1.54, 1.807) is 6.92 Å². The van der Waals surface area contributed by atoms with Crippen molar-refractivity contribution in [2.75, 3.05) is 24.6 Å². The minimum Gasteiger partial charge on any atom is -0.346 e. The molecule has 1 aliphatic heterocycles. The fourth-order valence-corrected chi connectivity index (χ4v) is 8.72. The van der Waals surface area contributed by atoms with Gasteiger partial charge in [-0.05, 0) is 49.4 Å². The predicted molar refractivity (Wildman–Crippen MR) is 180 cm³/mol. The van der Waals surface area contributed by atoms with E-state index in [-0.39, 0.29) is 42.7 Å². The Morgan fingerprint density at radius 3 is 2.34 bits per heavy atom. The quantitative estimate of drug-likeness (QED) is 0.124. The highest BCUT2D eigenvalue weighted by atomic mass is 32.2. The van der Waals surface area contributed by atoms with Gasteiger partial charge in [0.15, 0.2) is 9.84 Å². The zero-order valence-corrected chi connectivity index (χ0v) is 29.2. The number of carbonyl (C=O) groups excluding carboxylic acids is 5. The fourth-order valence-electron chi connectivity index (χ4n) is 7.31. The van der Waals surface area contributed by atoms with E-state index in [1.165, 1.54) is 11.0 Å². The van der Waals surface area contributed by atoms with Crippen molar-refractivity contribution in [1.82, 2.24) is 26.2 Å². The number of nitrogens with one attached hydrogen (secondary N) is 4. The van der Waals surface area contributed by atoms with Crippen molar-refractivity contribution in [1.29, 1.82) is 0 Å². The molecule has 0 aromatic rings. The first-order chi connectivity index (χ1) is 22.1. The largest absolute Gasteiger partial charge is 0.346 e. The lowest BCUT2D eigenvalue weighted by Gasteiger charge is -2.40. The molecule has 3 aliphatic rings. The Morgan fingerprint density at radius 2 is 1.74 bits per heavy atom.